The summed E-state index contributed by atoms with van der Waals surface area (Å²) in [5.41, 5.74) is -0.436. The molecule has 2 rings (SSSR count). The van der Waals surface area contributed by atoms with Crippen LogP contribution in [0.4, 0.5) is 10.1 Å². The summed E-state index contributed by atoms with van der Waals surface area (Å²) in [6.07, 6.45) is 1.78. The Labute approximate surface area is 114 Å². The van der Waals surface area contributed by atoms with Crippen LogP contribution in [0.1, 0.15) is 23.2 Å². The molecule has 102 valence electrons. The highest BCUT2D eigenvalue weighted by atomic mass is 35.5. The maximum atomic E-state index is 13.3. The summed E-state index contributed by atoms with van der Waals surface area (Å²) in [4.78, 5) is 23.7. The third kappa shape index (κ3) is 3.20. The van der Waals surface area contributed by atoms with Crippen LogP contribution in [0.3, 0.4) is 0 Å². The van der Waals surface area contributed by atoms with Gasteiger partial charge in [0.05, 0.1) is 11.0 Å². The van der Waals surface area contributed by atoms with Crippen LogP contribution in [0, 0.1) is 15.9 Å². The molecule has 0 aromatic heterocycles. The van der Waals surface area contributed by atoms with E-state index in [-0.39, 0.29) is 17.5 Å². The molecule has 1 aromatic rings. The summed E-state index contributed by atoms with van der Waals surface area (Å²) < 4.78 is 13.3. The molecule has 1 amide bonds. The summed E-state index contributed by atoms with van der Waals surface area (Å²) in [5, 5.41) is 10.7. The van der Waals surface area contributed by atoms with Crippen molar-refractivity contribution in [3.8, 4) is 0 Å². The Morgan fingerprint density at radius 2 is 2.16 bits per heavy atom. The Bertz CT molecular complexity index is 520. The zero-order valence-corrected chi connectivity index (χ0v) is 10.8. The topological polar surface area (TPSA) is 63.4 Å². The molecule has 5 nitrogen and oxygen atoms in total. The molecular formula is C12H12ClFN2O3. The highest BCUT2D eigenvalue weighted by Crippen LogP contribution is 2.29. The quantitative estimate of drug-likeness (QED) is 0.475. The fraction of sp³-hybridized carbons (Fsp3) is 0.417. The van der Waals surface area contributed by atoms with Crippen molar-refractivity contribution in [2.45, 2.75) is 18.9 Å². The molecule has 0 saturated heterocycles. The molecule has 1 aromatic carbocycles. The van der Waals surface area contributed by atoms with Crippen molar-refractivity contribution in [1.82, 2.24) is 4.90 Å². The third-order valence-corrected chi connectivity index (χ3v) is 3.08. The molecule has 0 unspecified atom stereocenters. The minimum absolute atomic E-state index is 0.0104. The minimum atomic E-state index is -0.792. The van der Waals surface area contributed by atoms with Gasteiger partial charge in [-0.2, -0.15) is 0 Å². The number of benzene rings is 1. The van der Waals surface area contributed by atoms with E-state index in [1.807, 2.05) is 0 Å². The standard InChI is InChI=1S/C12H12ClFN2O3/c13-3-4-15(10-1-2-10)12(17)8-5-9(14)7-11(6-8)16(18)19/h5-7,10H,1-4H2. The summed E-state index contributed by atoms with van der Waals surface area (Å²) in [6, 6.07) is 3.02. The number of hydrogen-bond acceptors (Lipinski definition) is 3. The Morgan fingerprint density at radius 3 is 2.68 bits per heavy atom. The van der Waals surface area contributed by atoms with Gasteiger partial charge >= 0.3 is 0 Å². The van der Waals surface area contributed by atoms with Gasteiger partial charge in [-0.15, -0.1) is 11.6 Å². The fourth-order valence-electron chi connectivity index (χ4n) is 1.90. The number of non-ortho nitro benzene ring substituents is 1. The maximum Gasteiger partial charge on any atom is 0.273 e. The van der Waals surface area contributed by atoms with E-state index in [1.54, 1.807) is 4.90 Å². The lowest BCUT2D eigenvalue weighted by atomic mass is 10.1. The molecule has 0 aliphatic heterocycles. The van der Waals surface area contributed by atoms with Gasteiger partial charge < -0.3 is 4.90 Å². The lowest BCUT2D eigenvalue weighted by molar-refractivity contribution is -0.385. The number of rotatable bonds is 5. The molecule has 0 atom stereocenters. The first-order chi connectivity index (χ1) is 9.02. The van der Waals surface area contributed by atoms with Crippen LogP contribution < -0.4 is 0 Å². The predicted molar refractivity (Wildman–Crippen MR) is 67.8 cm³/mol. The number of amides is 1. The molecular weight excluding hydrogens is 275 g/mol. The second-order valence-electron chi connectivity index (χ2n) is 4.37. The second kappa shape index (κ2) is 5.52. The molecule has 19 heavy (non-hydrogen) atoms. The molecule has 0 N–H and O–H groups in total. The SMILES string of the molecule is O=C(c1cc(F)cc([N+](=O)[O-])c1)N(CCCl)C1CC1. The number of carbonyl (C=O) groups is 1. The van der Waals surface area contributed by atoms with Crippen LogP contribution in [0.2, 0.25) is 0 Å². The summed E-state index contributed by atoms with van der Waals surface area (Å²) in [7, 11) is 0. The van der Waals surface area contributed by atoms with E-state index < -0.39 is 22.3 Å². The Hall–Kier alpha value is -1.69. The number of nitrogens with zero attached hydrogens (tertiary/aromatic N) is 2. The molecule has 0 radical (unpaired) electrons. The van der Waals surface area contributed by atoms with E-state index in [1.165, 1.54) is 0 Å². The van der Waals surface area contributed by atoms with Crippen molar-refractivity contribution in [2.24, 2.45) is 0 Å². The molecule has 1 fully saturated rings. The van der Waals surface area contributed by atoms with E-state index in [4.69, 9.17) is 11.6 Å². The molecule has 1 saturated carbocycles. The van der Waals surface area contributed by atoms with Crippen molar-refractivity contribution in [2.75, 3.05) is 12.4 Å². The van der Waals surface area contributed by atoms with Gasteiger partial charge in [-0.1, -0.05) is 0 Å². The number of nitro benzene ring substituents is 1. The molecule has 0 spiro atoms. The summed E-state index contributed by atoms with van der Waals surface area (Å²) in [6.45, 7) is 0.357. The van der Waals surface area contributed by atoms with E-state index in [0.29, 0.717) is 6.54 Å². The van der Waals surface area contributed by atoms with Gasteiger partial charge in [0.25, 0.3) is 11.6 Å². The van der Waals surface area contributed by atoms with Crippen molar-refractivity contribution < 1.29 is 14.1 Å². The Kier molecular flexibility index (Phi) is 3.99. The molecule has 0 bridgehead atoms. The molecule has 1 aliphatic carbocycles. The first-order valence-electron chi connectivity index (χ1n) is 5.85. The average Bonchev–Trinajstić information content (AvgIpc) is 3.18. The zero-order valence-electron chi connectivity index (χ0n) is 10.0. The van der Waals surface area contributed by atoms with Crippen molar-refractivity contribution in [3.63, 3.8) is 0 Å². The van der Waals surface area contributed by atoms with Crippen LogP contribution in [0.5, 0.6) is 0 Å². The Morgan fingerprint density at radius 1 is 1.47 bits per heavy atom. The average molecular weight is 287 g/mol. The van der Waals surface area contributed by atoms with Gasteiger partial charge in [0.1, 0.15) is 5.82 Å². The first kappa shape index (κ1) is 13.7. The van der Waals surface area contributed by atoms with E-state index in [0.717, 1.165) is 31.0 Å². The maximum absolute atomic E-state index is 13.3. The monoisotopic (exact) mass is 286 g/mol. The number of carbonyl (C=O) groups excluding carboxylic acids is 1. The van der Waals surface area contributed by atoms with E-state index >= 15 is 0 Å². The van der Waals surface area contributed by atoms with Crippen molar-refractivity contribution in [3.05, 3.63) is 39.7 Å². The third-order valence-electron chi connectivity index (χ3n) is 2.91. The summed E-state index contributed by atoms with van der Waals surface area (Å²) in [5.74, 6) is -0.926. The minimum Gasteiger partial charge on any atom is -0.334 e. The van der Waals surface area contributed by atoms with Crippen LogP contribution in [0.15, 0.2) is 18.2 Å². The van der Waals surface area contributed by atoms with Gasteiger partial charge in [0, 0.05) is 30.1 Å². The van der Waals surface area contributed by atoms with Crippen molar-refractivity contribution >= 4 is 23.2 Å². The van der Waals surface area contributed by atoms with Gasteiger partial charge in [-0.05, 0) is 18.9 Å². The highest BCUT2D eigenvalue weighted by molar-refractivity contribution is 6.18. The number of nitro groups is 1. The van der Waals surface area contributed by atoms with Crippen LogP contribution >= 0.6 is 11.6 Å². The predicted octanol–water partition coefficient (Wildman–Crippen LogP) is 2.58. The smallest absolute Gasteiger partial charge is 0.273 e. The number of alkyl halides is 1. The lowest BCUT2D eigenvalue weighted by Gasteiger charge is -2.21. The molecule has 0 heterocycles. The van der Waals surface area contributed by atoms with Crippen LogP contribution in [-0.2, 0) is 0 Å². The van der Waals surface area contributed by atoms with Gasteiger partial charge in [-0.25, -0.2) is 4.39 Å². The van der Waals surface area contributed by atoms with Gasteiger partial charge in [-0.3, -0.25) is 14.9 Å². The largest absolute Gasteiger partial charge is 0.334 e. The second-order valence-corrected chi connectivity index (χ2v) is 4.75. The van der Waals surface area contributed by atoms with E-state index in [2.05, 4.69) is 0 Å². The normalized spacial score (nSPS) is 14.2. The first-order valence-corrected chi connectivity index (χ1v) is 6.38. The molecule has 1 aliphatic rings. The zero-order chi connectivity index (χ0) is 14.0. The van der Waals surface area contributed by atoms with Crippen molar-refractivity contribution in [1.29, 1.82) is 0 Å². The lowest BCUT2D eigenvalue weighted by Crippen LogP contribution is -2.34. The van der Waals surface area contributed by atoms with E-state index in [9.17, 15) is 19.3 Å². The van der Waals surface area contributed by atoms with Gasteiger partial charge in [0.15, 0.2) is 0 Å². The van der Waals surface area contributed by atoms with Crippen LogP contribution in [0.25, 0.3) is 0 Å². The highest BCUT2D eigenvalue weighted by Gasteiger charge is 2.33. The summed E-state index contributed by atoms with van der Waals surface area (Å²) >= 11 is 5.64. The molecule has 7 heteroatoms. The Balaban J connectivity index is 2.28. The van der Waals surface area contributed by atoms with Gasteiger partial charge in [0.2, 0.25) is 0 Å². The fourth-order valence-corrected chi connectivity index (χ4v) is 2.08. The number of hydrogen-bond donors (Lipinski definition) is 0. The number of halogens is 2. The van der Waals surface area contributed by atoms with Crippen LogP contribution in [-0.4, -0.2) is 34.2 Å².